The molecular formula is C12H18O5. The zero-order valence-electron chi connectivity index (χ0n) is 10.3. The first kappa shape index (κ1) is 15.4. The summed E-state index contributed by atoms with van der Waals surface area (Å²) < 4.78 is 4.91. The molecule has 1 unspecified atom stereocenters. The molecule has 0 amide bonds. The highest BCUT2D eigenvalue weighted by atomic mass is 16.5. The molecule has 0 aromatic heterocycles. The van der Waals surface area contributed by atoms with Crippen molar-refractivity contribution < 1.29 is 24.5 Å². The molecule has 0 saturated carbocycles. The summed E-state index contributed by atoms with van der Waals surface area (Å²) >= 11 is 0. The first-order chi connectivity index (χ1) is 7.88. The molecule has 0 aromatic rings. The molecule has 0 aliphatic carbocycles. The number of aliphatic carboxylic acids is 1. The molecule has 1 atom stereocenters. The van der Waals surface area contributed by atoms with E-state index in [2.05, 4.69) is 0 Å². The van der Waals surface area contributed by atoms with E-state index in [1.165, 1.54) is 26.0 Å². The van der Waals surface area contributed by atoms with Gasteiger partial charge in [-0.15, -0.1) is 0 Å². The van der Waals surface area contributed by atoms with E-state index in [4.69, 9.17) is 14.9 Å². The van der Waals surface area contributed by atoms with Crippen molar-refractivity contribution in [3.8, 4) is 0 Å². The van der Waals surface area contributed by atoms with Gasteiger partial charge >= 0.3 is 11.9 Å². The largest absolute Gasteiger partial charge is 0.478 e. The van der Waals surface area contributed by atoms with Crippen molar-refractivity contribution in [3.63, 3.8) is 0 Å². The molecule has 0 saturated heterocycles. The van der Waals surface area contributed by atoms with Gasteiger partial charge in [0.05, 0.1) is 6.61 Å². The number of rotatable bonds is 6. The summed E-state index contributed by atoms with van der Waals surface area (Å²) in [5, 5.41) is 17.3. The van der Waals surface area contributed by atoms with Gasteiger partial charge in [0.1, 0.15) is 0 Å². The molecule has 5 nitrogen and oxygen atoms in total. The highest BCUT2D eigenvalue weighted by Crippen LogP contribution is 2.02. The standard InChI is InChI=1S/C12H18O5/c1-8(6-13)7-17-12(16)10(3)5-4-9(2)11(14)15/h4-5,8,13H,6-7H2,1-3H3,(H,14,15). The normalized spacial score (nSPS) is 14.4. The second-order valence-corrected chi connectivity index (χ2v) is 3.89. The lowest BCUT2D eigenvalue weighted by Gasteiger charge is -2.08. The summed E-state index contributed by atoms with van der Waals surface area (Å²) in [6.07, 6.45) is 2.74. The molecule has 17 heavy (non-hydrogen) atoms. The Morgan fingerprint density at radius 1 is 1.24 bits per heavy atom. The third-order valence-electron chi connectivity index (χ3n) is 2.05. The van der Waals surface area contributed by atoms with Gasteiger partial charge in [0.15, 0.2) is 0 Å². The Hall–Kier alpha value is -1.62. The number of hydrogen-bond acceptors (Lipinski definition) is 4. The Balaban J connectivity index is 4.35. The monoisotopic (exact) mass is 242 g/mol. The third kappa shape index (κ3) is 6.52. The summed E-state index contributed by atoms with van der Waals surface area (Å²) in [5.41, 5.74) is 0.455. The molecule has 0 bridgehead atoms. The van der Waals surface area contributed by atoms with E-state index in [0.717, 1.165) is 0 Å². The highest BCUT2D eigenvalue weighted by Gasteiger charge is 2.08. The number of carboxylic acid groups (broad SMARTS) is 1. The quantitative estimate of drug-likeness (QED) is 0.414. The number of aliphatic hydroxyl groups excluding tert-OH is 1. The van der Waals surface area contributed by atoms with Gasteiger partial charge in [-0.3, -0.25) is 0 Å². The van der Waals surface area contributed by atoms with Gasteiger partial charge in [-0.05, 0) is 13.8 Å². The van der Waals surface area contributed by atoms with E-state index < -0.39 is 11.9 Å². The number of ether oxygens (including phenoxy) is 1. The summed E-state index contributed by atoms with van der Waals surface area (Å²) in [6.45, 7) is 4.82. The summed E-state index contributed by atoms with van der Waals surface area (Å²) in [5.74, 6) is -1.65. The van der Waals surface area contributed by atoms with Crippen molar-refractivity contribution in [3.05, 3.63) is 23.3 Å². The van der Waals surface area contributed by atoms with Gasteiger partial charge in [-0.2, -0.15) is 0 Å². The van der Waals surface area contributed by atoms with Crippen molar-refractivity contribution in [1.29, 1.82) is 0 Å². The lowest BCUT2D eigenvalue weighted by Crippen LogP contribution is -2.15. The van der Waals surface area contributed by atoms with Crippen LogP contribution in [-0.2, 0) is 14.3 Å². The van der Waals surface area contributed by atoms with Crippen LogP contribution in [0.3, 0.4) is 0 Å². The van der Waals surface area contributed by atoms with Crippen LogP contribution in [0.25, 0.3) is 0 Å². The second-order valence-electron chi connectivity index (χ2n) is 3.89. The number of carbonyl (C=O) groups excluding carboxylic acids is 1. The average molecular weight is 242 g/mol. The van der Waals surface area contributed by atoms with E-state index in [0.29, 0.717) is 5.57 Å². The predicted octanol–water partition coefficient (Wildman–Crippen LogP) is 1.14. The minimum atomic E-state index is -1.03. The van der Waals surface area contributed by atoms with E-state index in [1.807, 2.05) is 0 Å². The van der Waals surface area contributed by atoms with Crippen molar-refractivity contribution in [2.24, 2.45) is 5.92 Å². The van der Waals surface area contributed by atoms with Crippen LogP contribution in [0.1, 0.15) is 20.8 Å². The maximum Gasteiger partial charge on any atom is 0.333 e. The molecule has 96 valence electrons. The summed E-state index contributed by atoms with van der Waals surface area (Å²) in [4.78, 5) is 21.9. The topological polar surface area (TPSA) is 83.8 Å². The minimum absolute atomic E-state index is 0.0476. The molecule has 0 aliphatic rings. The number of esters is 1. The fourth-order valence-corrected chi connectivity index (χ4v) is 0.774. The zero-order valence-corrected chi connectivity index (χ0v) is 10.3. The summed E-state index contributed by atoms with van der Waals surface area (Å²) in [6, 6.07) is 0. The second kappa shape index (κ2) is 7.62. The van der Waals surface area contributed by atoms with E-state index in [9.17, 15) is 9.59 Å². The third-order valence-corrected chi connectivity index (χ3v) is 2.05. The molecule has 0 spiro atoms. The molecule has 0 rings (SSSR count). The van der Waals surface area contributed by atoms with Gasteiger partial charge < -0.3 is 14.9 Å². The number of aliphatic hydroxyl groups is 1. The number of allylic oxidation sites excluding steroid dienone is 2. The number of hydrogen-bond donors (Lipinski definition) is 2. The van der Waals surface area contributed by atoms with Crippen molar-refractivity contribution in [2.75, 3.05) is 13.2 Å². The minimum Gasteiger partial charge on any atom is -0.478 e. The molecule has 5 heteroatoms. The van der Waals surface area contributed by atoms with Crippen molar-refractivity contribution >= 4 is 11.9 Å². The maximum absolute atomic E-state index is 11.4. The zero-order chi connectivity index (χ0) is 13.4. The molecule has 0 fully saturated rings. The molecule has 0 heterocycles. The number of carbonyl (C=O) groups is 2. The molecule has 0 aromatic carbocycles. The lowest BCUT2D eigenvalue weighted by molar-refractivity contribution is -0.140. The summed E-state index contributed by atoms with van der Waals surface area (Å²) in [7, 11) is 0. The molecule has 2 N–H and O–H groups in total. The predicted molar refractivity (Wildman–Crippen MR) is 62.4 cm³/mol. The van der Waals surface area contributed by atoms with Gasteiger partial charge in [-0.1, -0.05) is 19.1 Å². The first-order valence-electron chi connectivity index (χ1n) is 5.25. The van der Waals surface area contributed by atoms with E-state index in [-0.39, 0.29) is 24.7 Å². The van der Waals surface area contributed by atoms with Crippen LogP contribution in [0.15, 0.2) is 23.3 Å². The van der Waals surface area contributed by atoms with Crippen LogP contribution in [-0.4, -0.2) is 35.4 Å². The highest BCUT2D eigenvalue weighted by molar-refractivity contribution is 5.89. The SMILES string of the molecule is CC(=CC=C(C)C(=O)OCC(C)CO)C(=O)O. The fourth-order valence-electron chi connectivity index (χ4n) is 0.774. The average Bonchev–Trinajstić information content (AvgIpc) is 2.31. The molecule has 0 radical (unpaired) electrons. The van der Waals surface area contributed by atoms with E-state index >= 15 is 0 Å². The van der Waals surface area contributed by atoms with Crippen LogP contribution in [0, 0.1) is 5.92 Å². The maximum atomic E-state index is 11.4. The van der Waals surface area contributed by atoms with Gasteiger partial charge in [0.2, 0.25) is 0 Å². The van der Waals surface area contributed by atoms with E-state index in [1.54, 1.807) is 6.92 Å². The fraction of sp³-hybridized carbons (Fsp3) is 0.500. The van der Waals surface area contributed by atoms with Crippen LogP contribution < -0.4 is 0 Å². The lowest BCUT2D eigenvalue weighted by atomic mass is 10.2. The Morgan fingerprint density at radius 2 is 1.76 bits per heavy atom. The Labute approximate surface area is 100 Å². The molecular weight excluding hydrogens is 224 g/mol. The van der Waals surface area contributed by atoms with Crippen LogP contribution in [0.5, 0.6) is 0 Å². The molecule has 0 aliphatic heterocycles. The van der Waals surface area contributed by atoms with Gasteiger partial charge in [0, 0.05) is 23.7 Å². The number of carboxylic acids is 1. The smallest absolute Gasteiger partial charge is 0.333 e. The van der Waals surface area contributed by atoms with Crippen LogP contribution in [0.2, 0.25) is 0 Å². The van der Waals surface area contributed by atoms with Crippen LogP contribution >= 0.6 is 0 Å². The Kier molecular flexibility index (Phi) is 6.89. The first-order valence-corrected chi connectivity index (χ1v) is 5.25. The van der Waals surface area contributed by atoms with Crippen LogP contribution in [0.4, 0.5) is 0 Å². The Morgan fingerprint density at radius 3 is 2.24 bits per heavy atom. The Bertz CT molecular complexity index is 341. The van der Waals surface area contributed by atoms with Gasteiger partial charge in [-0.25, -0.2) is 9.59 Å². The van der Waals surface area contributed by atoms with Gasteiger partial charge in [0.25, 0.3) is 0 Å². The van der Waals surface area contributed by atoms with Crippen molar-refractivity contribution in [2.45, 2.75) is 20.8 Å². The van der Waals surface area contributed by atoms with Crippen molar-refractivity contribution in [1.82, 2.24) is 0 Å².